The Kier molecular flexibility index (Phi) is 4.12. The van der Waals surface area contributed by atoms with Crippen LogP contribution in [0.1, 0.15) is 44.1 Å². The molecule has 18 heavy (non-hydrogen) atoms. The van der Waals surface area contributed by atoms with Gasteiger partial charge in [0, 0.05) is 17.9 Å². The lowest BCUT2D eigenvalue weighted by Gasteiger charge is -2.27. The van der Waals surface area contributed by atoms with E-state index in [4.69, 9.17) is 5.73 Å². The summed E-state index contributed by atoms with van der Waals surface area (Å²) in [4.78, 5) is 0. The minimum absolute atomic E-state index is 0.536. The Morgan fingerprint density at radius 2 is 1.89 bits per heavy atom. The van der Waals surface area contributed by atoms with Crippen LogP contribution in [0.2, 0.25) is 0 Å². The summed E-state index contributed by atoms with van der Waals surface area (Å²) in [5.74, 6) is 0. The fraction of sp³-hybridized carbons (Fsp3) is 0.600. The van der Waals surface area contributed by atoms with Crippen LogP contribution in [-0.4, -0.2) is 17.3 Å². The average molecular weight is 248 g/mol. The highest BCUT2D eigenvalue weighted by Gasteiger charge is 2.27. The molecule has 1 fully saturated rings. The van der Waals surface area contributed by atoms with Crippen molar-refractivity contribution in [1.29, 1.82) is 0 Å². The molecule has 3 nitrogen and oxygen atoms in total. The summed E-state index contributed by atoms with van der Waals surface area (Å²) in [6.07, 6.45) is 6.60. The lowest BCUT2D eigenvalue weighted by Crippen LogP contribution is -2.36. The number of nitrogens with two attached hydrogens (primary N) is 1. The van der Waals surface area contributed by atoms with Crippen LogP contribution in [0, 0.1) is 6.92 Å². The Hall–Kier alpha value is -1.22. The van der Waals surface area contributed by atoms with Crippen molar-refractivity contribution in [3.63, 3.8) is 0 Å². The maximum absolute atomic E-state index is 10.5. The molecule has 0 amide bonds. The van der Waals surface area contributed by atoms with E-state index in [0.29, 0.717) is 6.54 Å². The Bertz CT molecular complexity index is 395. The van der Waals surface area contributed by atoms with Crippen molar-refractivity contribution in [2.75, 3.05) is 17.6 Å². The molecule has 0 bridgehead atoms. The molecule has 0 atom stereocenters. The van der Waals surface area contributed by atoms with Gasteiger partial charge in [-0.3, -0.25) is 0 Å². The number of benzene rings is 1. The number of aryl methyl sites for hydroxylation is 1. The van der Waals surface area contributed by atoms with E-state index in [1.165, 1.54) is 12.8 Å². The minimum Gasteiger partial charge on any atom is -0.399 e. The van der Waals surface area contributed by atoms with Gasteiger partial charge in [-0.2, -0.15) is 0 Å². The minimum atomic E-state index is -0.536. The Morgan fingerprint density at radius 1 is 1.22 bits per heavy atom. The van der Waals surface area contributed by atoms with Gasteiger partial charge < -0.3 is 16.2 Å². The number of hydrogen-bond donors (Lipinski definition) is 3. The lowest BCUT2D eigenvalue weighted by atomic mass is 9.94. The molecule has 0 saturated heterocycles. The second kappa shape index (κ2) is 5.61. The zero-order valence-electron chi connectivity index (χ0n) is 11.2. The topological polar surface area (TPSA) is 58.3 Å². The van der Waals surface area contributed by atoms with Crippen LogP contribution >= 0.6 is 0 Å². The molecule has 100 valence electrons. The maximum Gasteiger partial charge on any atom is 0.0819 e. The third-order valence-corrected chi connectivity index (χ3v) is 3.93. The van der Waals surface area contributed by atoms with Crippen molar-refractivity contribution < 1.29 is 5.11 Å². The monoisotopic (exact) mass is 248 g/mol. The molecule has 0 aliphatic heterocycles. The molecule has 0 spiro atoms. The number of rotatable bonds is 3. The van der Waals surface area contributed by atoms with Crippen LogP contribution in [0.25, 0.3) is 0 Å². The normalized spacial score (nSPS) is 19.2. The molecule has 4 N–H and O–H groups in total. The van der Waals surface area contributed by atoms with Gasteiger partial charge in [0.1, 0.15) is 0 Å². The third kappa shape index (κ3) is 3.39. The molecule has 1 aromatic rings. The van der Waals surface area contributed by atoms with Crippen LogP contribution < -0.4 is 11.1 Å². The van der Waals surface area contributed by atoms with Crippen molar-refractivity contribution in [2.24, 2.45) is 0 Å². The molecule has 2 rings (SSSR count). The zero-order valence-corrected chi connectivity index (χ0v) is 11.2. The number of nitrogen functional groups attached to an aromatic ring is 1. The summed E-state index contributed by atoms with van der Waals surface area (Å²) in [6.45, 7) is 2.64. The smallest absolute Gasteiger partial charge is 0.0819 e. The zero-order chi connectivity index (χ0) is 13.0. The molecule has 0 heterocycles. The summed E-state index contributed by atoms with van der Waals surface area (Å²) < 4.78 is 0. The second-order valence-corrected chi connectivity index (χ2v) is 5.56. The first kappa shape index (κ1) is 13.2. The summed E-state index contributed by atoms with van der Waals surface area (Å²) in [7, 11) is 0. The Labute approximate surface area is 109 Å². The molecule has 1 saturated carbocycles. The van der Waals surface area contributed by atoms with Crippen molar-refractivity contribution in [2.45, 2.75) is 51.0 Å². The standard InChI is InChI=1S/C15H24N2O/c1-12-10-13(6-7-14(12)16)17-11-15(18)8-4-2-3-5-9-15/h6-7,10,17-18H,2-5,8-9,11,16H2,1H3. The molecular formula is C15H24N2O. The van der Waals surface area contributed by atoms with Crippen LogP contribution in [0.3, 0.4) is 0 Å². The van der Waals surface area contributed by atoms with Gasteiger partial charge in [-0.05, 0) is 43.5 Å². The van der Waals surface area contributed by atoms with E-state index in [2.05, 4.69) is 5.32 Å². The molecule has 3 heteroatoms. The van der Waals surface area contributed by atoms with Crippen molar-refractivity contribution in [3.8, 4) is 0 Å². The van der Waals surface area contributed by atoms with Gasteiger partial charge in [-0.1, -0.05) is 25.7 Å². The highest BCUT2D eigenvalue weighted by atomic mass is 16.3. The van der Waals surface area contributed by atoms with Crippen LogP contribution in [0.5, 0.6) is 0 Å². The summed E-state index contributed by atoms with van der Waals surface area (Å²) in [5, 5.41) is 13.9. The first-order chi connectivity index (χ1) is 8.59. The predicted octanol–water partition coefficient (Wildman–Crippen LogP) is 3.07. The quantitative estimate of drug-likeness (QED) is 0.569. The third-order valence-electron chi connectivity index (χ3n) is 3.93. The fourth-order valence-corrected chi connectivity index (χ4v) is 2.62. The Balaban J connectivity index is 1.95. The molecule has 0 radical (unpaired) electrons. The molecule has 0 aromatic heterocycles. The van der Waals surface area contributed by atoms with Gasteiger partial charge >= 0.3 is 0 Å². The van der Waals surface area contributed by atoms with E-state index in [1.54, 1.807) is 0 Å². The first-order valence-electron chi connectivity index (χ1n) is 6.91. The van der Waals surface area contributed by atoms with Gasteiger partial charge in [0.25, 0.3) is 0 Å². The van der Waals surface area contributed by atoms with Gasteiger partial charge in [0.15, 0.2) is 0 Å². The highest BCUT2D eigenvalue weighted by molar-refractivity contribution is 5.56. The SMILES string of the molecule is Cc1cc(NCC2(O)CCCCCC2)ccc1N. The lowest BCUT2D eigenvalue weighted by molar-refractivity contribution is 0.0381. The molecule has 0 unspecified atom stereocenters. The van der Waals surface area contributed by atoms with E-state index >= 15 is 0 Å². The fourth-order valence-electron chi connectivity index (χ4n) is 2.62. The summed E-state index contributed by atoms with van der Waals surface area (Å²) >= 11 is 0. The second-order valence-electron chi connectivity index (χ2n) is 5.56. The van der Waals surface area contributed by atoms with E-state index in [1.807, 2.05) is 25.1 Å². The van der Waals surface area contributed by atoms with Gasteiger partial charge in [-0.15, -0.1) is 0 Å². The van der Waals surface area contributed by atoms with Crippen molar-refractivity contribution in [1.82, 2.24) is 0 Å². The number of hydrogen-bond acceptors (Lipinski definition) is 3. The average Bonchev–Trinajstić information content (AvgIpc) is 2.56. The molecule has 1 aromatic carbocycles. The van der Waals surface area contributed by atoms with Crippen LogP contribution in [0.15, 0.2) is 18.2 Å². The largest absolute Gasteiger partial charge is 0.399 e. The van der Waals surface area contributed by atoms with E-state index in [9.17, 15) is 5.11 Å². The van der Waals surface area contributed by atoms with Gasteiger partial charge in [-0.25, -0.2) is 0 Å². The van der Waals surface area contributed by atoms with Crippen molar-refractivity contribution >= 4 is 11.4 Å². The number of nitrogens with one attached hydrogen (secondary N) is 1. The van der Waals surface area contributed by atoms with Crippen LogP contribution in [-0.2, 0) is 0 Å². The number of aliphatic hydroxyl groups is 1. The highest BCUT2D eigenvalue weighted by Crippen LogP contribution is 2.27. The summed E-state index contributed by atoms with van der Waals surface area (Å²) in [6, 6.07) is 5.92. The molecular weight excluding hydrogens is 224 g/mol. The summed E-state index contributed by atoms with van der Waals surface area (Å²) in [5.41, 5.74) is 8.19. The van der Waals surface area contributed by atoms with Gasteiger partial charge in [0.05, 0.1) is 5.60 Å². The molecule has 1 aliphatic rings. The predicted molar refractivity (Wildman–Crippen MR) is 76.7 cm³/mol. The molecule has 1 aliphatic carbocycles. The maximum atomic E-state index is 10.5. The number of anilines is 2. The first-order valence-corrected chi connectivity index (χ1v) is 6.91. The van der Waals surface area contributed by atoms with E-state index in [0.717, 1.165) is 42.6 Å². The Morgan fingerprint density at radius 3 is 2.50 bits per heavy atom. The van der Waals surface area contributed by atoms with E-state index in [-0.39, 0.29) is 0 Å². The van der Waals surface area contributed by atoms with E-state index < -0.39 is 5.60 Å². The van der Waals surface area contributed by atoms with Crippen molar-refractivity contribution in [3.05, 3.63) is 23.8 Å². The van der Waals surface area contributed by atoms with Gasteiger partial charge in [0.2, 0.25) is 0 Å². The van der Waals surface area contributed by atoms with Crippen LogP contribution in [0.4, 0.5) is 11.4 Å².